The zero-order valence-corrected chi connectivity index (χ0v) is 18.9. The second-order valence-corrected chi connectivity index (χ2v) is 8.62. The highest BCUT2D eigenvalue weighted by Crippen LogP contribution is 2.38. The molecule has 5 rings (SSSR count). The number of halogens is 2. The van der Waals surface area contributed by atoms with Gasteiger partial charge in [0.2, 0.25) is 0 Å². The van der Waals surface area contributed by atoms with E-state index in [-0.39, 0.29) is 16.7 Å². The SMILES string of the molecule is Cc1cc(F)c(Oc2cccc3c2C(=O)N(Cc2ccc(-c4cnn(C)c4)cc2)C3)c(Cl)c1. The van der Waals surface area contributed by atoms with Crippen molar-refractivity contribution in [2.75, 3.05) is 0 Å². The highest BCUT2D eigenvalue weighted by molar-refractivity contribution is 6.32. The molecule has 1 amide bonds. The minimum atomic E-state index is -0.561. The van der Waals surface area contributed by atoms with Gasteiger partial charge in [0.25, 0.3) is 5.91 Å². The number of benzene rings is 3. The highest BCUT2D eigenvalue weighted by atomic mass is 35.5. The van der Waals surface area contributed by atoms with E-state index >= 15 is 0 Å². The first-order chi connectivity index (χ1) is 15.9. The molecular weight excluding hydrogens is 441 g/mol. The average Bonchev–Trinajstić information content (AvgIpc) is 3.35. The molecule has 1 aromatic heterocycles. The maximum atomic E-state index is 14.5. The van der Waals surface area contributed by atoms with E-state index in [1.165, 1.54) is 6.07 Å². The number of carbonyl (C=O) groups is 1. The molecule has 5 nitrogen and oxygen atoms in total. The topological polar surface area (TPSA) is 47.4 Å². The molecule has 33 heavy (non-hydrogen) atoms. The number of carbonyl (C=O) groups excluding carboxylic acids is 1. The molecule has 0 bridgehead atoms. The predicted molar refractivity (Wildman–Crippen MR) is 125 cm³/mol. The number of rotatable bonds is 5. The van der Waals surface area contributed by atoms with E-state index in [2.05, 4.69) is 5.10 Å². The van der Waals surface area contributed by atoms with Gasteiger partial charge in [-0.15, -0.1) is 0 Å². The smallest absolute Gasteiger partial charge is 0.258 e. The lowest BCUT2D eigenvalue weighted by Gasteiger charge is -2.16. The first-order valence-corrected chi connectivity index (χ1v) is 10.9. The van der Waals surface area contributed by atoms with Crippen molar-refractivity contribution in [3.8, 4) is 22.6 Å². The zero-order chi connectivity index (χ0) is 23.1. The van der Waals surface area contributed by atoms with E-state index in [9.17, 15) is 9.18 Å². The van der Waals surface area contributed by atoms with Crippen LogP contribution in [0.4, 0.5) is 4.39 Å². The van der Waals surface area contributed by atoms with Gasteiger partial charge in [-0.2, -0.15) is 5.10 Å². The molecule has 7 heteroatoms. The summed E-state index contributed by atoms with van der Waals surface area (Å²) in [7, 11) is 1.88. The lowest BCUT2D eigenvalue weighted by molar-refractivity contribution is 0.0765. The van der Waals surface area contributed by atoms with Crippen molar-refractivity contribution in [1.29, 1.82) is 0 Å². The maximum absolute atomic E-state index is 14.5. The van der Waals surface area contributed by atoms with Gasteiger partial charge in [0.1, 0.15) is 5.75 Å². The van der Waals surface area contributed by atoms with Gasteiger partial charge in [-0.25, -0.2) is 4.39 Å². The lowest BCUT2D eigenvalue weighted by Crippen LogP contribution is -2.23. The number of fused-ring (bicyclic) bond motifs is 1. The maximum Gasteiger partial charge on any atom is 0.258 e. The van der Waals surface area contributed by atoms with Crippen LogP contribution in [0.15, 0.2) is 67.0 Å². The number of amides is 1. The van der Waals surface area contributed by atoms with Crippen LogP contribution < -0.4 is 4.74 Å². The normalized spacial score (nSPS) is 12.8. The van der Waals surface area contributed by atoms with Gasteiger partial charge in [-0.3, -0.25) is 9.48 Å². The Labute approximate surface area is 196 Å². The molecule has 0 unspecified atom stereocenters. The van der Waals surface area contributed by atoms with Crippen LogP contribution in [-0.4, -0.2) is 20.6 Å². The summed E-state index contributed by atoms with van der Waals surface area (Å²) in [5.74, 6) is -0.487. The molecular formula is C26H21ClFN3O2. The molecule has 0 saturated heterocycles. The Morgan fingerprint density at radius 3 is 2.61 bits per heavy atom. The fourth-order valence-corrected chi connectivity index (χ4v) is 4.39. The molecule has 0 spiro atoms. The third-order valence-electron chi connectivity index (χ3n) is 5.70. The number of ether oxygens (including phenoxy) is 1. The number of hydrogen-bond acceptors (Lipinski definition) is 3. The second kappa shape index (κ2) is 8.37. The van der Waals surface area contributed by atoms with Crippen LogP contribution >= 0.6 is 11.6 Å². The van der Waals surface area contributed by atoms with E-state index in [4.69, 9.17) is 16.3 Å². The molecule has 0 radical (unpaired) electrons. The van der Waals surface area contributed by atoms with Gasteiger partial charge < -0.3 is 9.64 Å². The fourth-order valence-electron chi connectivity index (χ4n) is 4.09. The Hall–Kier alpha value is -3.64. The Morgan fingerprint density at radius 2 is 1.91 bits per heavy atom. The van der Waals surface area contributed by atoms with Crippen molar-refractivity contribution < 1.29 is 13.9 Å². The van der Waals surface area contributed by atoms with Crippen LogP contribution in [0.5, 0.6) is 11.5 Å². The summed E-state index contributed by atoms with van der Waals surface area (Å²) in [6.07, 6.45) is 3.78. The summed E-state index contributed by atoms with van der Waals surface area (Å²) in [5, 5.41) is 4.37. The van der Waals surface area contributed by atoms with Gasteiger partial charge in [-0.1, -0.05) is 48.0 Å². The molecule has 1 aliphatic heterocycles. The largest absolute Gasteiger partial charge is 0.452 e. The molecule has 3 aromatic carbocycles. The van der Waals surface area contributed by atoms with Crippen molar-refractivity contribution >= 4 is 17.5 Å². The Morgan fingerprint density at radius 1 is 1.12 bits per heavy atom. The van der Waals surface area contributed by atoms with Crippen LogP contribution in [-0.2, 0) is 20.1 Å². The van der Waals surface area contributed by atoms with E-state index in [0.717, 1.165) is 22.3 Å². The van der Waals surface area contributed by atoms with Gasteiger partial charge in [-0.05, 0) is 47.4 Å². The van der Waals surface area contributed by atoms with Gasteiger partial charge in [0, 0.05) is 31.9 Å². The Balaban J connectivity index is 1.36. The monoisotopic (exact) mass is 461 g/mol. The molecule has 4 aromatic rings. The molecule has 0 aliphatic carbocycles. The minimum Gasteiger partial charge on any atom is -0.452 e. The minimum absolute atomic E-state index is 0.0760. The molecule has 0 fully saturated rings. The summed E-state index contributed by atoms with van der Waals surface area (Å²) < 4.78 is 22.0. The van der Waals surface area contributed by atoms with Crippen molar-refractivity contribution in [3.05, 3.63) is 100 Å². The number of nitrogens with zero attached hydrogens (tertiary/aromatic N) is 3. The van der Waals surface area contributed by atoms with Gasteiger partial charge in [0.05, 0.1) is 16.8 Å². The van der Waals surface area contributed by atoms with Crippen molar-refractivity contribution in [3.63, 3.8) is 0 Å². The van der Waals surface area contributed by atoms with Crippen molar-refractivity contribution in [2.24, 2.45) is 7.05 Å². The quantitative estimate of drug-likeness (QED) is 0.359. The van der Waals surface area contributed by atoms with E-state index < -0.39 is 5.82 Å². The van der Waals surface area contributed by atoms with Crippen LogP contribution in [0.25, 0.3) is 11.1 Å². The van der Waals surface area contributed by atoms with E-state index in [1.54, 1.807) is 34.7 Å². The highest BCUT2D eigenvalue weighted by Gasteiger charge is 2.31. The Kier molecular flexibility index (Phi) is 5.38. The molecule has 0 N–H and O–H groups in total. The average molecular weight is 462 g/mol. The third kappa shape index (κ3) is 4.10. The van der Waals surface area contributed by atoms with Crippen LogP contribution in [0.1, 0.15) is 27.0 Å². The lowest BCUT2D eigenvalue weighted by atomic mass is 10.1. The summed E-state index contributed by atoms with van der Waals surface area (Å²) >= 11 is 6.20. The zero-order valence-electron chi connectivity index (χ0n) is 18.2. The Bertz CT molecular complexity index is 1340. The number of hydrogen-bond donors (Lipinski definition) is 0. The molecule has 0 atom stereocenters. The number of aromatic nitrogens is 2. The second-order valence-electron chi connectivity index (χ2n) is 8.21. The van der Waals surface area contributed by atoms with E-state index in [1.807, 2.05) is 49.8 Å². The summed E-state index contributed by atoms with van der Waals surface area (Å²) in [5.41, 5.74) is 5.10. The molecule has 166 valence electrons. The van der Waals surface area contributed by atoms with Crippen LogP contribution in [0, 0.1) is 12.7 Å². The fraction of sp³-hybridized carbons (Fsp3) is 0.154. The van der Waals surface area contributed by atoms with Crippen LogP contribution in [0.2, 0.25) is 5.02 Å². The summed E-state index contributed by atoms with van der Waals surface area (Å²) in [6.45, 7) is 2.67. The first kappa shape index (κ1) is 21.2. The van der Waals surface area contributed by atoms with Crippen molar-refractivity contribution in [2.45, 2.75) is 20.0 Å². The summed E-state index contributed by atoms with van der Waals surface area (Å²) in [6, 6.07) is 16.4. The number of aryl methyl sites for hydroxylation is 2. The molecule has 0 saturated carbocycles. The van der Waals surface area contributed by atoms with Gasteiger partial charge in [0.15, 0.2) is 11.6 Å². The third-order valence-corrected chi connectivity index (χ3v) is 5.98. The summed E-state index contributed by atoms with van der Waals surface area (Å²) in [4.78, 5) is 15.0. The standard InChI is InChI=1S/C26H21ClFN3O2/c1-16-10-21(27)25(22(28)11-16)33-23-5-3-4-19-15-31(26(32)24(19)23)13-17-6-8-18(9-7-17)20-12-29-30(2)14-20/h3-12,14H,13,15H2,1-2H3. The molecule has 2 heterocycles. The van der Waals surface area contributed by atoms with Crippen molar-refractivity contribution in [1.82, 2.24) is 14.7 Å². The van der Waals surface area contributed by atoms with Gasteiger partial charge >= 0.3 is 0 Å². The van der Waals surface area contributed by atoms with Crippen LogP contribution in [0.3, 0.4) is 0 Å². The van der Waals surface area contributed by atoms with E-state index in [0.29, 0.717) is 30.0 Å². The first-order valence-electron chi connectivity index (χ1n) is 10.5. The predicted octanol–water partition coefficient (Wildman–Crippen LogP) is 6.14. The molecule has 1 aliphatic rings.